The lowest BCUT2D eigenvalue weighted by Gasteiger charge is -2.31. The molecule has 0 spiro atoms. The van der Waals surface area contributed by atoms with E-state index in [1.807, 2.05) is 6.07 Å². The standard InChI is InChI=1S/C21H28N3O2PS/c28-27(26-16-18-10-7-15-25-18)21-19(22-24(27)17-8-2-1-3-9-17)11-6-12-20(21)23-13-4-5-14-23/h1-3,8-9,11,18,22H,4-7,10,12-16H2/p+1/t18-,27-/m0/s1. The van der Waals surface area contributed by atoms with Gasteiger partial charge < -0.3 is 14.2 Å². The monoisotopic (exact) mass is 418 g/mol. The normalized spacial score (nSPS) is 30.5. The number of nitrogens with zero attached hydrogens (tertiary/aromatic N) is 1. The number of hydrogen-bond acceptors (Lipinski definition) is 4. The van der Waals surface area contributed by atoms with Crippen LogP contribution in [0.2, 0.25) is 0 Å². The predicted octanol–water partition coefficient (Wildman–Crippen LogP) is 3.08. The largest absolute Gasteiger partial charge is 0.376 e. The SMILES string of the molecule is S=[P@@]1(OC[C@@H]2CCCO2)C2=C([NH+]3CCCC3)CCC=C2NN1c1ccccc1. The summed E-state index contributed by atoms with van der Waals surface area (Å²) in [6, 6.07) is 10.4. The Hall–Kier alpha value is -1.17. The lowest BCUT2D eigenvalue weighted by Crippen LogP contribution is -3.08. The Kier molecular flexibility index (Phi) is 5.33. The van der Waals surface area contributed by atoms with E-state index in [1.54, 1.807) is 4.90 Å². The fraction of sp³-hybridized carbons (Fsp3) is 0.524. The van der Waals surface area contributed by atoms with E-state index in [0.29, 0.717) is 6.61 Å². The molecule has 5 nitrogen and oxygen atoms in total. The van der Waals surface area contributed by atoms with E-state index < -0.39 is 6.42 Å². The van der Waals surface area contributed by atoms with Crippen molar-refractivity contribution in [3.63, 3.8) is 0 Å². The second-order valence-corrected chi connectivity index (χ2v) is 11.6. The van der Waals surface area contributed by atoms with Gasteiger partial charge in [0.2, 0.25) is 6.42 Å². The van der Waals surface area contributed by atoms with Gasteiger partial charge in [0.15, 0.2) is 0 Å². The molecule has 1 aromatic carbocycles. The number of nitrogens with one attached hydrogen (secondary N) is 2. The molecular formula is C21H29N3O2PS+. The summed E-state index contributed by atoms with van der Waals surface area (Å²) in [4.78, 5) is 1.62. The lowest BCUT2D eigenvalue weighted by atomic mass is 10.1. The van der Waals surface area contributed by atoms with Gasteiger partial charge in [-0.2, -0.15) is 0 Å². The van der Waals surface area contributed by atoms with Crippen LogP contribution in [0, 0.1) is 0 Å². The van der Waals surface area contributed by atoms with Crippen LogP contribution in [-0.4, -0.2) is 32.4 Å². The van der Waals surface area contributed by atoms with E-state index in [-0.39, 0.29) is 6.10 Å². The van der Waals surface area contributed by atoms with Crippen molar-refractivity contribution in [2.75, 3.05) is 31.1 Å². The van der Waals surface area contributed by atoms with Crippen LogP contribution in [0.25, 0.3) is 0 Å². The van der Waals surface area contributed by atoms with Gasteiger partial charge in [-0.05, 0) is 43.2 Å². The maximum Gasteiger partial charge on any atom is 0.212 e. The molecule has 0 unspecified atom stereocenters. The molecule has 3 saturated heterocycles. The van der Waals surface area contributed by atoms with Crippen molar-refractivity contribution in [1.29, 1.82) is 0 Å². The quantitative estimate of drug-likeness (QED) is 0.719. The Morgan fingerprint density at radius 3 is 2.79 bits per heavy atom. The Balaban J connectivity index is 1.55. The molecule has 5 rings (SSSR count). The molecule has 28 heavy (non-hydrogen) atoms. The summed E-state index contributed by atoms with van der Waals surface area (Å²) in [7, 11) is 0. The number of hydrazine groups is 1. The average Bonchev–Trinajstić information content (AvgIpc) is 3.48. The molecular weight excluding hydrogens is 389 g/mol. The van der Waals surface area contributed by atoms with Crippen molar-refractivity contribution >= 4 is 23.9 Å². The van der Waals surface area contributed by atoms with Crippen LogP contribution in [0.5, 0.6) is 0 Å². The van der Waals surface area contributed by atoms with Crippen LogP contribution in [0.15, 0.2) is 53.1 Å². The number of para-hydroxylation sites is 1. The van der Waals surface area contributed by atoms with Crippen LogP contribution in [0.1, 0.15) is 38.5 Å². The molecule has 0 bridgehead atoms. The fourth-order valence-electron chi connectivity index (χ4n) is 4.76. The van der Waals surface area contributed by atoms with Crippen molar-refractivity contribution in [2.24, 2.45) is 0 Å². The van der Waals surface area contributed by atoms with Gasteiger partial charge in [-0.15, -0.1) is 0 Å². The van der Waals surface area contributed by atoms with E-state index in [4.69, 9.17) is 21.1 Å². The predicted molar refractivity (Wildman–Crippen MR) is 116 cm³/mol. The molecule has 1 aromatic rings. The average molecular weight is 419 g/mol. The van der Waals surface area contributed by atoms with Crippen LogP contribution in [0.3, 0.4) is 0 Å². The Morgan fingerprint density at radius 2 is 2.04 bits per heavy atom. The zero-order valence-electron chi connectivity index (χ0n) is 16.2. The second kappa shape index (κ2) is 7.92. The molecule has 3 fully saturated rings. The number of ether oxygens (including phenoxy) is 1. The van der Waals surface area contributed by atoms with Crippen molar-refractivity contribution in [2.45, 2.75) is 44.6 Å². The van der Waals surface area contributed by atoms with Gasteiger partial charge >= 0.3 is 0 Å². The summed E-state index contributed by atoms with van der Waals surface area (Å²) in [6.45, 7) is 3.87. The first-order valence-corrected chi connectivity index (χ1v) is 13.2. The van der Waals surface area contributed by atoms with Gasteiger partial charge in [0.1, 0.15) is 11.0 Å². The van der Waals surface area contributed by atoms with Gasteiger partial charge in [0.25, 0.3) is 0 Å². The summed E-state index contributed by atoms with van der Waals surface area (Å²) in [5, 5.41) is 1.28. The van der Waals surface area contributed by atoms with Gasteiger partial charge in [-0.1, -0.05) is 24.3 Å². The highest BCUT2D eigenvalue weighted by molar-refractivity contribution is 8.15. The van der Waals surface area contributed by atoms with Crippen LogP contribution >= 0.6 is 6.42 Å². The highest BCUT2D eigenvalue weighted by Crippen LogP contribution is 2.66. The molecule has 3 heterocycles. The van der Waals surface area contributed by atoms with Gasteiger partial charge in [-0.25, -0.2) is 4.78 Å². The van der Waals surface area contributed by atoms with E-state index >= 15 is 0 Å². The number of rotatable bonds is 5. The number of fused-ring (bicyclic) bond motifs is 1. The van der Waals surface area contributed by atoms with Crippen molar-refractivity contribution in [3.8, 4) is 0 Å². The van der Waals surface area contributed by atoms with Gasteiger partial charge in [-0.3, -0.25) is 5.43 Å². The van der Waals surface area contributed by atoms with Crippen molar-refractivity contribution in [3.05, 3.63) is 53.1 Å². The maximum atomic E-state index is 6.65. The summed E-state index contributed by atoms with van der Waals surface area (Å²) in [6.07, 6.45) is 7.04. The molecule has 0 amide bonds. The molecule has 0 saturated carbocycles. The van der Waals surface area contributed by atoms with E-state index in [1.165, 1.54) is 42.6 Å². The Labute approximate surface area is 172 Å². The number of benzene rings is 1. The van der Waals surface area contributed by atoms with Crippen LogP contribution < -0.4 is 15.1 Å². The molecule has 1 aliphatic carbocycles. The van der Waals surface area contributed by atoms with Crippen molar-refractivity contribution in [1.82, 2.24) is 5.43 Å². The number of quaternary nitrogens is 1. The van der Waals surface area contributed by atoms with E-state index in [9.17, 15) is 0 Å². The first-order valence-electron chi connectivity index (χ1n) is 10.5. The van der Waals surface area contributed by atoms with Gasteiger partial charge in [0.05, 0.1) is 37.2 Å². The molecule has 150 valence electrons. The third-order valence-electron chi connectivity index (χ3n) is 6.15. The highest BCUT2D eigenvalue weighted by atomic mass is 32.4. The number of likely N-dealkylation sites (tertiary alicyclic amines) is 1. The van der Waals surface area contributed by atoms with Gasteiger partial charge in [0, 0.05) is 25.9 Å². The molecule has 2 atom stereocenters. The zero-order valence-corrected chi connectivity index (χ0v) is 17.9. The molecule has 0 aromatic heterocycles. The Bertz CT molecular complexity index is 829. The first-order chi connectivity index (χ1) is 13.8. The lowest BCUT2D eigenvalue weighted by molar-refractivity contribution is -0.849. The minimum atomic E-state index is -2.43. The Morgan fingerprint density at radius 1 is 1.21 bits per heavy atom. The van der Waals surface area contributed by atoms with E-state index in [2.05, 4.69) is 40.5 Å². The van der Waals surface area contributed by atoms with E-state index in [0.717, 1.165) is 38.0 Å². The maximum absolute atomic E-state index is 6.65. The smallest absolute Gasteiger partial charge is 0.212 e. The highest BCUT2D eigenvalue weighted by Gasteiger charge is 2.47. The van der Waals surface area contributed by atoms with Crippen LogP contribution in [0.4, 0.5) is 5.69 Å². The summed E-state index contributed by atoms with van der Waals surface area (Å²) >= 11 is 6.40. The molecule has 0 radical (unpaired) electrons. The minimum Gasteiger partial charge on any atom is -0.376 e. The topological polar surface area (TPSA) is 38.2 Å². The van der Waals surface area contributed by atoms with Crippen LogP contribution in [-0.2, 0) is 21.1 Å². The molecule has 2 N–H and O–H groups in total. The summed E-state index contributed by atoms with van der Waals surface area (Å²) < 4.78 is 14.6. The third kappa shape index (κ3) is 3.35. The minimum absolute atomic E-state index is 0.178. The molecule has 4 aliphatic rings. The number of allylic oxidation sites excluding steroid dienone is 3. The van der Waals surface area contributed by atoms with Crippen molar-refractivity contribution < 1.29 is 14.2 Å². The number of hydrogen-bond donors (Lipinski definition) is 2. The second-order valence-electron chi connectivity index (χ2n) is 8.00. The third-order valence-corrected chi connectivity index (χ3v) is 9.94. The summed E-state index contributed by atoms with van der Waals surface area (Å²) in [5.74, 6) is 0. The zero-order chi connectivity index (χ0) is 19.0. The fourth-order valence-corrected chi connectivity index (χ4v) is 8.52. The molecule has 7 heteroatoms. The number of anilines is 1. The first kappa shape index (κ1) is 18.8. The summed E-state index contributed by atoms with van der Waals surface area (Å²) in [5.41, 5.74) is 7.39. The molecule has 3 aliphatic heterocycles.